The molecular weight excluding hydrogens is 303 g/mol. The molecule has 8 nitrogen and oxygen atoms in total. The van der Waals surface area contributed by atoms with Gasteiger partial charge < -0.3 is 10.5 Å². The summed E-state index contributed by atoms with van der Waals surface area (Å²) in [4.78, 5) is 4.23. The van der Waals surface area contributed by atoms with Gasteiger partial charge >= 0.3 is 7.59 Å². The maximum atomic E-state index is 13.2. The molecule has 2 rings (SSSR count). The quantitative estimate of drug-likeness (QED) is 0.836. The van der Waals surface area contributed by atoms with Gasteiger partial charge in [-0.2, -0.15) is 9.44 Å². The van der Waals surface area contributed by atoms with Crippen LogP contribution in [-0.4, -0.2) is 59.2 Å². The monoisotopic (exact) mass is 324 g/mol. The van der Waals surface area contributed by atoms with Gasteiger partial charge in [-0.3, -0.25) is 4.57 Å². The van der Waals surface area contributed by atoms with Gasteiger partial charge in [0, 0.05) is 5.56 Å². The number of hydrogen-bond acceptors (Lipinski definition) is 5. The Bertz CT molecular complexity index is 683. The lowest BCUT2D eigenvalue weighted by Crippen LogP contribution is -2.27. The van der Waals surface area contributed by atoms with Gasteiger partial charge in [0.25, 0.3) is 0 Å². The van der Waals surface area contributed by atoms with E-state index in [4.69, 9.17) is 10.5 Å². The van der Waals surface area contributed by atoms with Crippen LogP contribution in [0.4, 0.5) is 5.95 Å². The molecule has 0 fully saturated rings. The van der Waals surface area contributed by atoms with Crippen molar-refractivity contribution < 1.29 is 9.30 Å². The highest BCUT2D eigenvalue weighted by Crippen LogP contribution is 2.51. The van der Waals surface area contributed by atoms with Crippen LogP contribution < -0.4 is 10.5 Å². The van der Waals surface area contributed by atoms with Crippen LogP contribution >= 0.6 is 7.59 Å². The minimum absolute atomic E-state index is 0.108. The Labute approximate surface area is 130 Å². The fourth-order valence-electron chi connectivity index (χ4n) is 2.07. The van der Waals surface area contributed by atoms with Crippen molar-refractivity contribution in [3.63, 3.8) is 0 Å². The highest BCUT2D eigenvalue weighted by molar-refractivity contribution is 7.57. The minimum atomic E-state index is -3.11. The molecule has 2 aromatic rings. The van der Waals surface area contributed by atoms with Crippen molar-refractivity contribution in [1.82, 2.24) is 23.9 Å². The maximum Gasteiger partial charge on any atom is 0.332 e. The normalized spacial score (nSPS) is 12.1. The molecule has 0 unspecified atom stereocenters. The first-order chi connectivity index (χ1) is 10.3. The number of hydrogen-bond donors (Lipinski definition) is 1. The first kappa shape index (κ1) is 16.5. The first-order valence-electron chi connectivity index (χ1n) is 6.64. The van der Waals surface area contributed by atoms with E-state index in [1.807, 2.05) is 24.3 Å². The SMILES string of the molecule is COc1ccc(-c2nc(N)n(P(=O)(N(C)C)N(C)C)n2)cc1. The molecule has 0 spiro atoms. The Kier molecular flexibility index (Phi) is 4.55. The molecule has 2 N–H and O–H groups in total. The zero-order chi connectivity index (χ0) is 16.5. The summed E-state index contributed by atoms with van der Waals surface area (Å²) < 4.78 is 22.8. The van der Waals surface area contributed by atoms with Crippen molar-refractivity contribution in [3.8, 4) is 17.1 Å². The van der Waals surface area contributed by atoms with Gasteiger partial charge in [0.05, 0.1) is 7.11 Å². The van der Waals surface area contributed by atoms with E-state index in [1.165, 1.54) is 4.45 Å². The van der Waals surface area contributed by atoms with Gasteiger partial charge in [-0.15, -0.1) is 5.10 Å². The molecule has 0 aliphatic rings. The average molecular weight is 324 g/mol. The molecule has 0 aliphatic carbocycles. The van der Waals surface area contributed by atoms with E-state index in [9.17, 15) is 4.57 Å². The van der Waals surface area contributed by atoms with Crippen LogP contribution in [-0.2, 0) is 4.57 Å². The lowest BCUT2D eigenvalue weighted by atomic mass is 10.2. The number of benzene rings is 1. The molecule has 120 valence electrons. The molecule has 22 heavy (non-hydrogen) atoms. The molecule has 1 aromatic carbocycles. The summed E-state index contributed by atoms with van der Waals surface area (Å²) in [6.45, 7) is 0. The second-order valence-electron chi connectivity index (χ2n) is 5.12. The van der Waals surface area contributed by atoms with Gasteiger partial charge in [0.1, 0.15) is 5.75 Å². The van der Waals surface area contributed by atoms with Gasteiger partial charge in [0.2, 0.25) is 5.95 Å². The summed E-state index contributed by atoms with van der Waals surface area (Å²) in [5.74, 6) is 1.27. The summed E-state index contributed by atoms with van der Waals surface area (Å²) in [6.07, 6.45) is 0. The molecule has 0 radical (unpaired) electrons. The fourth-order valence-corrected chi connectivity index (χ4v) is 3.97. The Morgan fingerprint density at radius 2 is 1.68 bits per heavy atom. The summed E-state index contributed by atoms with van der Waals surface area (Å²) >= 11 is 0. The third-order valence-corrected chi connectivity index (χ3v) is 6.12. The fraction of sp³-hybridized carbons (Fsp3) is 0.385. The van der Waals surface area contributed by atoms with E-state index in [1.54, 1.807) is 44.6 Å². The van der Waals surface area contributed by atoms with E-state index in [0.717, 1.165) is 11.3 Å². The number of methoxy groups -OCH3 is 1. The average Bonchev–Trinajstić information content (AvgIpc) is 2.88. The van der Waals surface area contributed by atoms with Gasteiger partial charge in [-0.25, -0.2) is 9.34 Å². The maximum absolute atomic E-state index is 13.2. The first-order valence-corrected chi connectivity index (χ1v) is 8.20. The smallest absolute Gasteiger partial charge is 0.332 e. The van der Waals surface area contributed by atoms with Crippen LogP contribution in [0.15, 0.2) is 24.3 Å². The summed E-state index contributed by atoms with van der Waals surface area (Å²) in [5.41, 5.74) is 6.71. The van der Waals surface area contributed by atoms with Crippen LogP contribution in [0, 0.1) is 0 Å². The van der Waals surface area contributed by atoms with Crippen LogP contribution in [0.25, 0.3) is 11.4 Å². The molecular formula is C13H21N6O2P. The second kappa shape index (κ2) is 6.08. The van der Waals surface area contributed by atoms with Crippen LogP contribution in [0.5, 0.6) is 5.75 Å². The van der Waals surface area contributed by atoms with Crippen molar-refractivity contribution in [2.45, 2.75) is 0 Å². The second-order valence-corrected chi connectivity index (χ2v) is 8.12. The third-order valence-electron chi connectivity index (χ3n) is 3.25. The number of aromatic nitrogens is 3. The molecule has 0 aliphatic heterocycles. The lowest BCUT2D eigenvalue weighted by molar-refractivity contribution is 0.415. The van der Waals surface area contributed by atoms with E-state index < -0.39 is 7.59 Å². The van der Waals surface area contributed by atoms with Gasteiger partial charge in [-0.05, 0) is 52.5 Å². The minimum Gasteiger partial charge on any atom is -0.497 e. The standard InChI is InChI=1S/C13H21N6O2P/c1-17(2)22(20,18(3)4)19-13(14)15-12(16-19)10-6-8-11(21-5)9-7-10/h6-9H,1-5H3,(H2,14,15,16). The number of rotatable bonds is 5. The number of anilines is 1. The van der Waals surface area contributed by atoms with E-state index >= 15 is 0 Å². The van der Waals surface area contributed by atoms with Crippen LogP contribution in [0.2, 0.25) is 0 Å². The molecule has 0 atom stereocenters. The largest absolute Gasteiger partial charge is 0.497 e. The third kappa shape index (κ3) is 2.72. The Morgan fingerprint density at radius 1 is 1.14 bits per heavy atom. The van der Waals surface area contributed by atoms with Crippen LogP contribution in [0.1, 0.15) is 0 Å². The van der Waals surface area contributed by atoms with Crippen molar-refractivity contribution in [1.29, 1.82) is 0 Å². The molecule has 9 heteroatoms. The Balaban J connectivity index is 2.49. The van der Waals surface area contributed by atoms with Crippen molar-refractivity contribution in [3.05, 3.63) is 24.3 Å². The van der Waals surface area contributed by atoms with Crippen LogP contribution in [0.3, 0.4) is 0 Å². The highest BCUT2D eigenvalue weighted by Gasteiger charge is 2.34. The van der Waals surface area contributed by atoms with E-state index in [2.05, 4.69) is 10.1 Å². The lowest BCUT2D eigenvalue weighted by Gasteiger charge is -2.29. The zero-order valence-corrected chi connectivity index (χ0v) is 14.3. The topological polar surface area (TPSA) is 89.5 Å². The Morgan fingerprint density at radius 3 is 2.14 bits per heavy atom. The number of nitrogen functional groups attached to an aromatic ring is 1. The van der Waals surface area contributed by atoms with E-state index in [0.29, 0.717) is 5.82 Å². The molecule has 1 heterocycles. The summed E-state index contributed by atoms with van der Waals surface area (Å²) in [6, 6.07) is 7.27. The zero-order valence-electron chi connectivity index (χ0n) is 13.4. The molecule has 0 amide bonds. The van der Waals surface area contributed by atoms with Crippen molar-refractivity contribution in [2.24, 2.45) is 0 Å². The van der Waals surface area contributed by atoms with Crippen molar-refractivity contribution in [2.75, 3.05) is 41.0 Å². The number of ether oxygens (including phenoxy) is 1. The molecule has 0 saturated carbocycles. The van der Waals surface area contributed by atoms with E-state index in [-0.39, 0.29) is 5.95 Å². The number of nitrogens with two attached hydrogens (primary N) is 1. The highest BCUT2D eigenvalue weighted by atomic mass is 31.2. The predicted molar refractivity (Wildman–Crippen MR) is 86.8 cm³/mol. The van der Waals surface area contributed by atoms with Crippen molar-refractivity contribution >= 4 is 13.5 Å². The predicted octanol–water partition coefficient (Wildman–Crippen LogP) is 1.62. The molecule has 0 saturated heterocycles. The van der Waals surface area contributed by atoms with Gasteiger partial charge in [-0.1, -0.05) is 0 Å². The summed E-state index contributed by atoms with van der Waals surface area (Å²) in [5, 5.41) is 4.34. The Hall–Kier alpha value is -1.89. The molecule has 0 bridgehead atoms. The molecule has 1 aromatic heterocycles. The summed E-state index contributed by atoms with van der Waals surface area (Å²) in [7, 11) is 5.36. The van der Waals surface area contributed by atoms with Gasteiger partial charge in [0.15, 0.2) is 5.82 Å². The number of nitrogens with zero attached hydrogens (tertiary/aromatic N) is 5.